The molecule has 0 aliphatic rings. The maximum atomic E-state index is 12.9. The molecule has 8 heteroatoms. The summed E-state index contributed by atoms with van der Waals surface area (Å²) in [6.45, 7) is 2.50. The highest BCUT2D eigenvalue weighted by molar-refractivity contribution is 7.80. The van der Waals surface area contributed by atoms with Gasteiger partial charge in [-0.25, -0.2) is 4.68 Å². The van der Waals surface area contributed by atoms with Crippen molar-refractivity contribution < 1.29 is 9.47 Å². The first-order valence-electron chi connectivity index (χ1n) is 9.56. The second-order valence-electron chi connectivity index (χ2n) is 6.76. The number of nitrogens with one attached hydrogen (secondary N) is 2. The van der Waals surface area contributed by atoms with Crippen LogP contribution in [0.4, 0.5) is 5.69 Å². The molecule has 7 nitrogen and oxygen atoms in total. The number of hydrogen-bond donors (Lipinski definition) is 2. The normalized spacial score (nSPS) is 10.5. The molecule has 0 saturated heterocycles. The summed E-state index contributed by atoms with van der Waals surface area (Å²) < 4.78 is 14.0. The van der Waals surface area contributed by atoms with Gasteiger partial charge in [0.25, 0.3) is 5.56 Å². The fourth-order valence-corrected chi connectivity index (χ4v) is 3.43. The van der Waals surface area contributed by atoms with Gasteiger partial charge in [0.1, 0.15) is 5.69 Å². The lowest BCUT2D eigenvalue weighted by molar-refractivity contribution is 0.354. The van der Waals surface area contributed by atoms with Crippen molar-refractivity contribution in [2.75, 3.05) is 26.1 Å². The van der Waals surface area contributed by atoms with Crippen LogP contribution in [0.3, 0.4) is 0 Å². The Bertz CT molecular complexity index is 1090. The molecule has 0 unspecified atom stereocenters. The van der Waals surface area contributed by atoms with Crippen molar-refractivity contribution in [3.63, 3.8) is 0 Å². The number of methoxy groups -OCH3 is 2. The molecule has 0 atom stereocenters. The number of rotatable bonds is 7. The molecule has 30 heavy (non-hydrogen) atoms. The maximum absolute atomic E-state index is 12.9. The van der Waals surface area contributed by atoms with Crippen molar-refractivity contribution in [3.8, 4) is 17.2 Å². The number of nitrogens with zero attached hydrogens (tertiary/aromatic N) is 2. The van der Waals surface area contributed by atoms with E-state index in [2.05, 4.69) is 10.6 Å². The van der Waals surface area contributed by atoms with Gasteiger partial charge in [-0.05, 0) is 55.4 Å². The van der Waals surface area contributed by atoms with Gasteiger partial charge in [-0.1, -0.05) is 24.3 Å². The van der Waals surface area contributed by atoms with Crippen LogP contribution in [-0.2, 0) is 13.5 Å². The molecule has 2 N–H and O–H groups in total. The summed E-state index contributed by atoms with van der Waals surface area (Å²) in [5.74, 6) is 1.39. The van der Waals surface area contributed by atoms with E-state index in [-0.39, 0.29) is 5.56 Å². The van der Waals surface area contributed by atoms with E-state index in [0.29, 0.717) is 28.8 Å². The number of hydrogen-bond acceptors (Lipinski definition) is 4. The Balaban J connectivity index is 1.65. The summed E-state index contributed by atoms with van der Waals surface area (Å²) in [5, 5.41) is 6.62. The van der Waals surface area contributed by atoms with Crippen LogP contribution >= 0.6 is 12.2 Å². The van der Waals surface area contributed by atoms with Crippen molar-refractivity contribution in [2.45, 2.75) is 13.3 Å². The molecule has 0 aliphatic carbocycles. The van der Waals surface area contributed by atoms with Gasteiger partial charge in [0.2, 0.25) is 0 Å². The third kappa shape index (κ3) is 4.49. The number of para-hydroxylation sites is 1. The van der Waals surface area contributed by atoms with Crippen LogP contribution in [0, 0.1) is 6.92 Å². The molecule has 0 fully saturated rings. The third-order valence-corrected chi connectivity index (χ3v) is 5.19. The summed E-state index contributed by atoms with van der Waals surface area (Å²) in [7, 11) is 5.08. The number of ether oxygens (including phenoxy) is 2. The van der Waals surface area contributed by atoms with Gasteiger partial charge in [-0.15, -0.1) is 0 Å². The van der Waals surface area contributed by atoms with Crippen molar-refractivity contribution >= 4 is 23.0 Å². The Labute approximate surface area is 181 Å². The molecule has 0 spiro atoms. The van der Waals surface area contributed by atoms with Crippen LogP contribution in [0.15, 0.2) is 53.3 Å². The van der Waals surface area contributed by atoms with E-state index in [0.717, 1.165) is 23.4 Å². The second-order valence-corrected chi connectivity index (χ2v) is 7.17. The van der Waals surface area contributed by atoms with Crippen LogP contribution in [-0.4, -0.2) is 35.2 Å². The minimum Gasteiger partial charge on any atom is -0.493 e. The van der Waals surface area contributed by atoms with Crippen LogP contribution in [0.25, 0.3) is 5.69 Å². The average molecular weight is 427 g/mol. The standard InChI is InChI=1S/C22H26N4O3S/c1-15-20(21(27)26(25(15)2)17-8-6-5-7-9-17)24-22(30)23-13-12-16-10-11-18(28-3)19(14-16)29-4/h5-11,14H,12-13H2,1-4H3,(H2,23,24,30). The van der Waals surface area contributed by atoms with Crippen molar-refractivity contribution in [2.24, 2.45) is 7.05 Å². The van der Waals surface area contributed by atoms with E-state index in [4.69, 9.17) is 21.7 Å². The first-order chi connectivity index (χ1) is 14.5. The minimum atomic E-state index is -0.148. The molecule has 0 bridgehead atoms. The summed E-state index contributed by atoms with van der Waals surface area (Å²) in [6, 6.07) is 15.3. The summed E-state index contributed by atoms with van der Waals surface area (Å²) in [6.07, 6.45) is 0.740. The second kappa shape index (κ2) is 9.49. The average Bonchev–Trinajstić information content (AvgIpc) is 2.97. The van der Waals surface area contributed by atoms with Gasteiger partial charge in [0, 0.05) is 13.6 Å². The monoisotopic (exact) mass is 426 g/mol. The fraction of sp³-hybridized carbons (Fsp3) is 0.273. The third-order valence-electron chi connectivity index (χ3n) is 4.94. The lowest BCUT2D eigenvalue weighted by atomic mass is 10.1. The van der Waals surface area contributed by atoms with E-state index in [1.807, 2.05) is 67.2 Å². The Morgan fingerprint density at radius 2 is 1.77 bits per heavy atom. The van der Waals surface area contributed by atoms with Gasteiger partial charge in [-0.2, -0.15) is 0 Å². The Hall–Kier alpha value is -3.26. The zero-order chi connectivity index (χ0) is 21.7. The molecule has 3 rings (SSSR count). The number of aromatic nitrogens is 2. The first kappa shape index (κ1) is 21.4. The lowest BCUT2D eigenvalue weighted by Crippen LogP contribution is -2.32. The molecule has 0 saturated carbocycles. The molecule has 0 amide bonds. The highest BCUT2D eigenvalue weighted by Gasteiger charge is 2.16. The Morgan fingerprint density at radius 1 is 1.07 bits per heavy atom. The van der Waals surface area contributed by atoms with Crippen LogP contribution in [0.5, 0.6) is 11.5 Å². The molecule has 1 aromatic heterocycles. The number of thiocarbonyl (C=S) groups is 1. The molecule has 3 aromatic rings. The quantitative estimate of drug-likeness (QED) is 0.566. The lowest BCUT2D eigenvalue weighted by Gasteiger charge is -2.11. The van der Waals surface area contributed by atoms with Gasteiger partial charge >= 0.3 is 0 Å². The van der Waals surface area contributed by atoms with Crippen LogP contribution in [0.1, 0.15) is 11.3 Å². The van der Waals surface area contributed by atoms with E-state index >= 15 is 0 Å². The predicted octanol–water partition coefficient (Wildman–Crippen LogP) is 3.03. The van der Waals surface area contributed by atoms with Gasteiger partial charge < -0.3 is 20.1 Å². The summed E-state index contributed by atoms with van der Waals surface area (Å²) in [4.78, 5) is 12.9. The topological polar surface area (TPSA) is 69.5 Å². The van der Waals surface area contributed by atoms with E-state index < -0.39 is 0 Å². The molecule has 0 aliphatic heterocycles. The Kier molecular flexibility index (Phi) is 6.79. The summed E-state index contributed by atoms with van der Waals surface area (Å²) >= 11 is 5.40. The molecular weight excluding hydrogens is 400 g/mol. The largest absolute Gasteiger partial charge is 0.493 e. The van der Waals surface area contributed by atoms with Crippen LogP contribution in [0.2, 0.25) is 0 Å². The number of anilines is 1. The smallest absolute Gasteiger partial charge is 0.295 e. The van der Waals surface area contributed by atoms with E-state index in [9.17, 15) is 4.79 Å². The zero-order valence-corrected chi connectivity index (χ0v) is 18.4. The molecular formula is C22H26N4O3S. The van der Waals surface area contributed by atoms with Gasteiger partial charge in [0.05, 0.1) is 25.6 Å². The molecule has 0 radical (unpaired) electrons. The molecule has 2 aromatic carbocycles. The van der Waals surface area contributed by atoms with Crippen molar-refractivity contribution in [1.82, 2.24) is 14.7 Å². The maximum Gasteiger partial charge on any atom is 0.295 e. The van der Waals surface area contributed by atoms with E-state index in [1.54, 1.807) is 18.9 Å². The van der Waals surface area contributed by atoms with Gasteiger partial charge in [0.15, 0.2) is 16.6 Å². The minimum absolute atomic E-state index is 0.148. The number of benzene rings is 2. The van der Waals surface area contributed by atoms with Crippen LogP contribution < -0.4 is 25.7 Å². The Morgan fingerprint density at radius 3 is 2.43 bits per heavy atom. The predicted molar refractivity (Wildman–Crippen MR) is 123 cm³/mol. The van der Waals surface area contributed by atoms with Crippen molar-refractivity contribution in [1.29, 1.82) is 0 Å². The highest BCUT2D eigenvalue weighted by atomic mass is 32.1. The summed E-state index contributed by atoms with van der Waals surface area (Å²) in [5.41, 5.74) is 3.00. The fourth-order valence-electron chi connectivity index (χ4n) is 3.23. The molecule has 158 valence electrons. The van der Waals surface area contributed by atoms with Gasteiger partial charge in [-0.3, -0.25) is 9.48 Å². The molecule has 1 heterocycles. The van der Waals surface area contributed by atoms with Crippen molar-refractivity contribution in [3.05, 3.63) is 70.1 Å². The first-order valence-corrected chi connectivity index (χ1v) is 9.97. The highest BCUT2D eigenvalue weighted by Crippen LogP contribution is 2.27. The SMILES string of the molecule is COc1ccc(CCNC(=S)Nc2c(C)n(C)n(-c3ccccc3)c2=O)cc1OC. The zero-order valence-electron chi connectivity index (χ0n) is 17.6. The van der Waals surface area contributed by atoms with E-state index in [1.165, 1.54) is 0 Å².